The van der Waals surface area contributed by atoms with Gasteiger partial charge in [-0.3, -0.25) is 4.90 Å². The van der Waals surface area contributed by atoms with Crippen LogP contribution in [0.15, 0.2) is 54.6 Å². The van der Waals surface area contributed by atoms with E-state index in [2.05, 4.69) is 66.8 Å². The maximum Gasteiger partial charge on any atom is 0.199 e. The van der Waals surface area contributed by atoms with Crippen LogP contribution in [0.2, 0.25) is 0 Å². The van der Waals surface area contributed by atoms with Crippen LogP contribution >= 0.6 is 12.2 Å². The molecule has 0 bridgehead atoms. The third-order valence-corrected chi connectivity index (χ3v) is 4.78. The number of aromatic nitrogens is 3. The molecule has 130 valence electrons. The second-order valence-electron chi connectivity index (χ2n) is 6.30. The maximum atomic E-state index is 5.66. The summed E-state index contributed by atoms with van der Waals surface area (Å²) in [6.45, 7) is 6.60. The van der Waals surface area contributed by atoms with E-state index in [-0.39, 0.29) is 0 Å². The number of benzene rings is 2. The Balaban J connectivity index is 1.84. The zero-order chi connectivity index (χ0) is 17.8. The van der Waals surface area contributed by atoms with Crippen LogP contribution in [0.25, 0.3) is 11.4 Å². The van der Waals surface area contributed by atoms with E-state index in [0.717, 1.165) is 29.2 Å². The molecule has 0 aliphatic carbocycles. The van der Waals surface area contributed by atoms with Gasteiger partial charge in [0.15, 0.2) is 10.6 Å². The summed E-state index contributed by atoms with van der Waals surface area (Å²) in [6, 6.07) is 18.7. The summed E-state index contributed by atoms with van der Waals surface area (Å²) >= 11 is 5.66. The van der Waals surface area contributed by atoms with Crippen molar-refractivity contribution in [1.82, 2.24) is 19.2 Å². The Labute approximate surface area is 154 Å². The minimum atomic E-state index is 0.667. The van der Waals surface area contributed by atoms with Crippen molar-refractivity contribution in [2.75, 3.05) is 7.05 Å². The van der Waals surface area contributed by atoms with Gasteiger partial charge in [-0.25, -0.2) is 4.68 Å². The van der Waals surface area contributed by atoms with Crippen LogP contribution in [0.4, 0.5) is 0 Å². The molecule has 25 heavy (non-hydrogen) atoms. The molecule has 2 aromatic carbocycles. The molecule has 0 unspecified atom stereocenters. The van der Waals surface area contributed by atoms with Crippen molar-refractivity contribution in [2.24, 2.45) is 0 Å². The summed E-state index contributed by atoms with van der Waals surface area (Å²) in [5.74, 6) is 0.928. The number of hydrogen-bond donors (Lipinski definition) is 0. The topological polar surface area (TPSA) is 26.0 Å². The minimum absolute atomic E-state index is 0.667. The predicted octanol–water partition coefficient (Wildman–Crippen LogP) is 4.50. The summed E-state index contributed by atoms with van der Waals surface area (Å²) in [5.41, 5.74) is 3.73. The molecule has 0 saturated heterocycles. The monoisotopic (exact) mass is 352 g/mol. The number of aryl methyl sites for hydroxylation is 1. The first-order valence-corrected chi connectivity index (χ1v) is 8.97. The Bertz CT molecular complexity index is 896. The largest absolute Gasteiger partial charge is 0.300 e. The molecule has 0 saturated carbocycles. The molecule has 4 nitrogen and oxygen atoms in total. The molecule has 1 aromatic heterocycles. The lowest BCUT2D eigenvalue weighted by molar-refractivity contribution is 0.243. The van der Waals surface area contributed by atoms with Gasteiger partial charge in [0.1, 0.15) is 0 Å². The van der Waals surface area contributed by atoms with Crippen LogP contribution in [-0.4, -0.2) is 26.3 Å². The second kappa shape index (κ2) is 7.76. The molecular weight excluding hydrogens is 328 g/mol. The lowest BCUT2D eigenvalue weighted by Crippen LogP contribution is -2.23. The molecule has 5 heteroatoms. The molecule has 0 N–H and O–H groups in total. The Kier molecular flexibility index (Phi) is 5.46. The van der Waals surface area contributed by atoms with Gasteiger partial charge in [-0.05, 0) is 44.2 Å². The highest BCUT2D eigenvalue weighted by molar-refractivity contribution is 7.71. The lowest BCUT2D eigenvalue weighted by atomic mass is 10.1. The molecule has 0 atom stereocenters. The van der Waals surface area contributed by atoms with Gasteiger partial charge in [-0.1, -0.05) is 54.6 Å². The third kappa shape index (κ3) is 3.89. The zero-order valence-corrected chi connectivity index (χ0v) is 15.8. The van der Waals surface area contributed by atoms with Crippen LogP contribution in [0.3, 0.4) is 0 Å². The lowest BCUT2D eigenvalue weighted by Gasteiger charge is -2.17. The summed E-state index contributed by atoms with van der Waals surface area (Å²) in [6.07, 6.45) is 0. The van der Waals surface area contributed by atoms with Crippen molar-refractivity contribution in [2.45, 2.75) is 33.6 Å². The zero-order valence-electron chi connectivity index (χ0n) is 15.0. The average Bonchev–Trinajstić information content (AvgIpc) is 2.93. The Morgan fingerprint density at radius 3 is 2.40 bits per heavy atom. The van der Waals surface area contributed by atoms with Gasteiger partial charge < -0.3 is 4.57 Å². The molecule has 1 heterocycles. The fourth-order valence-corrected chi connectivity index (χ4v) is 3.29. The van der Waals surface area contributed by atoms with Crippen molar-refractivity contribution in [3.8, 4) is 11.4 Å². The van der Waals surface area contributed by atoms with Gasteiger partial charge in [0.2, 0.25) is 0 Å². The van der Waals surface area contributed by atoms with E-state index >= 15 is 0 Å². The number of rotatable bonds is 6. The van der Waals surface area contributed by atoms with Crippen molar-refractivity contribution >= 4 is 12.2 Å². The van der Waals surface area contributed by atoms with Gasteiger partial charge in [0.05, 0.1) is 6.67 Å². The van der Waals surface area contributed by atoms with Crippen LogP contribution in [-0.2, 0) is 19.8 Å². The van der Waals surface area contributed by atoms with E-state index in [4.69, 9.17) is 17.3 Å². The summed E-state index contributed by atoms with van der Waals surface area (Å²) in [5, 5.41) is 4.79. The molecule has 0 fully saturated rings. The smallest absolute Gasteiger partial charge is 0.199 e. The summed E-state index contributed by atoms with van der Waals surface area (Å²) < 4.78 is 4.77. The van der Waals surface area contributed by atoms with Gasteiger partial charge in [0, 0.05) is 18.7 Å². The van der Waals surface area contributed by atoms with E-state index < -0.39 is 0 Å². The molecule has 0 spiro atoms. The minimum Gasteiger partial charge on any atom is -0.300 e. The molecule has 3 aromatic rings. The van der Waals surface area contributed by atoms with Crippen molar-refractivity contribution in [3.63, 3.8) is 0 Å². The Morgan fingerprint density at radius 2 is 1.72 bits per heavy atom. The maximum absolute atomic E-state index is 5.66. The van der Waals surface area contributed by atoms with Gasteiger partial charge in [0.25, 0.3) is 0 Å². The first kappa shape index (κ1) is 17.6. The average molecular weight is 353 g/mol. The summed E-state index contributed by atoms with van der Waals surface area (Å²) in [4.78, 5) is 2.24. The van der Waals surface area contributed by atoms with Crippen LogP contribution in [0.1, 0.15) is 18.1 Å². The van der Waals surface area contributed by atoms with Crippen molar-refractivity contribution < 1.29 is 0 Å². The fraction of sp³-hybridized carbons (Fsp3) is 0.300. The van der Waals surface area contributed by atoms with Crippen LogP contribution in [0, 0.1) is 11.7 Å². The van der Waals surface area contributed by atoms with E-state index in [0.29, 0.717) is 6.67 Å². The van der Waals surface area contributed by atoms with Gasteiger partial charge >= 0.3 is 0 Å². The first-order valence-electron chi connectivity index (χ1n) is 8.56. The van der Waals surface area contributed by atoms with E-state index in [9.17, 15) is 0 Å². The SMILES string of the molecule is CCn1c(-c2ccccc2)nn(CN(C)Cc2ccccc2C)c1=S. The van der Waals surface area contributed by atoms with E-state index in [1.165, 1.54) is 11.1 Å². The first-order chi connectivity index (χ1) is 12.1. The van der Waals surface area contributed by atoms with Crippen LogP contribution < -0.4 is 0 Å². The number of hydrogen-bond acceptors (Lipinski definition) is 3. The third-order valence-electron chi connectivity index (χ3n) is 4.35. The Morgan fingerprint density at radius 1 is 1.04 bits per heavy atom. The molecule has 0 radical (unpaired) electrons. The highest BCUT2D eigenvalue weighted by atomic mass is 32.1. The molecule has 0 aliphatic heterocycles. The molecular formula is C20H24N4S. The quantitative estimate of drug-likeness (QED) is 0.611. The summed E-state index contributed by atoms with van der Waals surface area (Å²) in [7, 11) is 2.10. The Hall–Kier alpha value is -2.24. The van der Waals surface area contributed by atoms with E-state index in [1.807, 2.05) is 22.9 Å². The highest BCUT2D eigenvalue weighted by Crippen LogP contribution is 2.18. The van der Waals surface area contributed by atoms with Gasteiger partial charge in [-0.2, -0.15) is 5.10 Å². The van der Waals surface area contributed by atoms with Crippen molar-refractivity contribution in [3.05, 3.63) is 70.5 Å². The standard InChI is InChI=1S/C20H24N4S/c1-4-23-19(17-11-6-5-7-12-17)21-24(20(23)25)15-22(3)14-18-13-9-8-10-16(18)2/h5-13H,4,14-15H2,1-3H3. The predicted molar refractivity (Wildman–Crippen MR) is 105 cm³/mol. The fourth-order valence-electron chi connectivity index (χ4n) is 2.98. The van der Waals surface area contributed by atoms with Crippen LogP contribution in [0.5, 0.6) is 0 Å². The molecule has 3 rings (SSSR count). The van der Waals surface area contributed by atoms with E-state index in [1.54, 1.807) is 0 Å². The van der Waals surface area contributed by atoms with Crippen molar-refractivity contribution in [1.29, 1.82) is 0 Å². The normalized spacial score (nSPS) is 11.2. The second-order valence-corrected chi connectivity index (χ2v) is 6.66. The molecule has 0 aliphatic rings. The number of nitrogens with zero attached hydrogens (tertiary/aromatic N) is 4. The van der Waals surface area contributed by atoms with Gasteiger partial charge in [-0.15, -0.1) is 0 Å². The highest BCUT2D eigenvalue weighted by Gasteiger charge is 2.13. The molecule has 0 amide bonds.